The molecule has 0 unspecified atom stereocenters. The average Bonchev–Trinajstić information content (AvgIpc) is 3.20. The van der Waals surface area contributed by atoms with Crippen molar-refractivity contribution < 1.29 is 41.9 Å². The Labute approximate surface area is 197 Å². The fourth-order valence-corrected chi connectivity index (χ4v) is 3.34. The van der Waals surface area contributed by atoms with Gasteiger partial charge in [-0.15, -0.1) is 0 Å². The van der Waals surface area contributed by atoms with Crippen LogP contribution in [0, 0.1) is 0 Å². The molecule has 0 aliphatic carbocycles. The van der Waals surface area contributed by atoms with Crippen LogP contribution in [0.15, 0.2) is 40.9 Å². The van der Waals surface area contributed by atoms with Gasteiger partial charge in [-0.3, -0.25) is 9.69 Å². The maximum Gasteiger partial charge on any atom is 0.416 e. The largest absolute Gasteiger partial charge is 0.481 e. The van der Waals surface area contributed by atoms with Gasteiger partial charge in [0.25, 0.3) is 5.91 Å². The van der Waals surface area contributed by atoms with Crippen LogP contribution in [0.5, 0.6) is 17.2 Å². The van der Waals surface area contributed by atoms with E-state index in [1.807, 2.05) is 20.8 Å². The van der Waals surface area contributed by atoms with E-state index in [0.29, 0.717) is 0 Å². The molecule has 0 spiro atoms. The Kier molecular flexibility index (Phi) is 5.91. The number of halogens is 3. The van der Waals surface area contributed by atoms with E-state index >= 15 is 0 Å². The number of rotatable bonds is 5. The van der Waals surface area contributed by atoms with Crippen molar-refractivity contribution >= 4 is 17.6 Å². The number of anilines is 1. The molecule has 0 atom stereocenters. The van der Waals surface area contributed by atoms with Crippen LogP contribution in [0.4, 0.5) is 18.9 Å². The summed E-state index contributed by atoms with van der Waals surface area (Å²) in [6, 6.07) is 7.00. The van der Waals surface area contributed by atoms with E-state index in [1.165, 1.54) is 18.2 Å². The molecule has 0 radical (unpaired) electrons. The van der Waals surface area contributed by atoms with Gasteiger partial charge in [0.1, 0.15) is 17.1 Å². The molecule has 2 heterocycles. The zero-order chi connectivity index (χ0) is 25.5. The molecule has 0 fully saturated rings. The molecule has 184 valence electrons. The van der Waals surface area contributed by atoms with E-state index < -0.39 is 35.6 Å². The van der Waals surface area contributed by atoms with Gasteiger partial charge in [-0.1, -0.05) is 32.0 Å². The number of alkyl halides is 3. The van der Waals surface area contributed by atoms with Gasteiger partial charge in [-0.2, -0.15) is 18.2 Å². The van der Waals surface area contributed by atoms with Gasteiger partial charge in [-0.25, -0.2) is 4.79 Å². The Morgan fingerprint density at radius 3 is 2.51 bits per heavy atom. The summed E-state index contributed by atoms with van der Waals surface area (Å²) in [5.41, 5.74) is -1.82. The topological polar surface area (TPSA) is 115 Å². The third-order valence-corrected chi connectivity index (χ3v) is 5.00. The average molecular weight is 491 g/mol. The van der Waals surface area contributed by atoms with Crippen molar-refractivity contribution in [3.8, 4) is 17.2 Å². The van der Waals surface area contributed by atoms with Crippen LogP contribution in [0.25, 0.3) is 0 Å². The first-order valence-electron chi connectivity index (χ1n) is 10.4. The molecule has 0 saturated carbocycles. The predicted octanol–water partition coefficient (Wildman–Crippen LogP) is 4.80. The summed E-state index contributed by atoms with van der Waals surface area (Å²) in [6.07, 6.45) is -4.68. The monoisotopic (exact) mass is 491 g/mol. The minimum Gasteiger partial charge on any atom is -0.481 e. The lowest BCUT2D eigenvalue weighted by atomic mass is 9.97. The molecule has 4 rings (SSSR count). The number of carboxylic acids is 1. The number of carboxylic acid groups (broad SMARTS) is 1. The van der Waals surface area contributed by atoms with Crippen molar-refractivity contribution in [1.82, 2.24) is 10.1 Å². The van der Waals surface area contributed by atoms with Crippen molar-refractivity contribution in [2.75, 3.05) is 11.5 Å². The zero-order valence-corrected chi connectivity index (χ0v) is 18.8. The highest BCUT2D eigenvalue weighted by molar-refractivity contribution is 6.11. The van der Waals surface area contributed by atoms with Gasteiger partial charge in [0.2, 0.25) is 5.89 Å². The molecule has 12 heteroatoms. The summed E-state index contributed by atoms with van der Waals surface area (Å²) in [4.78, 5) is 30.0. The summed E-state index contributed by atoms with van der Waals surface area (Å²) in [6.45, 7) is 4.42. The second kappa shape index (κ2) is 8.60. The molecule has 1 aliphatic heterocycles. The number of benzene rings is 2. The third kappa shape index (κ3) is 4.91. The van der Waals surface area contributed by atoms with Crippen LogP contribution in [0.2, 0.25) is 0 Å². The molecule has 2 aromatic carbocycles. The molecule has 0 bridgehead atoms. The van der Waals surface area contributed by atoms with E-state index in [-0.39, 0.29) is 46.8 Å². The second-order valence-electron chi connectivity index (χ2n) is 8.75. The van der Waals surface area contributed by atoms with Gasteiger partial charge in [0.15, 0.2) is 18.2 Å². The first kappa shape index (κ1) is 24.0. The minimum absolute atomic E-state index is 0.00936. The summed E-state index contributed by atoms with van der Waals surface area (Å²) < 4.78 is 56.8. The fourth-order valence-electron chi connectivity index (χ4n) is 3.34. The fraction of sp³-hybridized carbons (Fsp3) is 0.304. The van der Waals surface area contributed by atoms with Crippen molar-refractivity contribution in [2.24, 2.45) is 0 Å². The van der Waals surface area contributed by atoms with E-state index in [0.717, 1.165) is 23.1 Å². The molecule has 0 saturated heterocycles. The first-order chi connectivity index (χ1) is 16.3. The van der Waals surface area contributed by atoms with Crippen LogP contribution in [-0.4, -0.2) is 33.7 Å². The van der Waals surface area contributed by atoms with Gasteiger partial charge in [-0.05, 0) is 30.3 Å². The van der Waals surface area contributed by atoms with Gasteiger partial charge < -0.3 is 19.1 Å². The summed E-state index contributed by atoms with van der Waals surface area (Å²) in [5, 5.41) is 12.9. The number of aromatic nitrogens is 2. The number of fused-ring (bicyclic) bond motifs is 2. The number of carbonyl (C=O) groups is 2. The number of hydrogen-bond donors (Lipinski definition) is 1. The lowest BCUT2D eigenvalue weighted by molar-refractivity contribution is -0.139. The molecule has 1 aromatic heterocycles. The molecule has 1 aliphatic rings. The van der Waals surface area contributed by atoms with E-state index in [4.69, 9.17) is 19.1 Å². The smallest absolute Gasteiger partial charge is 0.416 e. The Hall–Kier alpha value is -4.09. The Morgan fingerprint density at radius 2 is 1.89 bits per heavy atom. The number of carbonyl (C=O) groups excluding carboxylic acids is 1. The lowest BCUT2D eigenvalue weighted by Crippen LogP contribution is -2.31. The molecular formula is C23H20F3N3O6. The van der Waals surface area contributed by atoms with E-state index in [2.05, 4.69) is 10.1 Å². The summed E-state index contributed by atoms with van der Waals surface area (Å²) >= 11 is 0. The van der Waals surface area contributed by atoms with Crippen molar-refractivity contribution in [2.45, 2.75) is 38.9 Å². The van der Waals surface area contributed by atoms with E-state index in [9.17, 15) is 22.8 Å². The highest BCUT2D eigenvalue weighted by Crippen LogP contribution is 2.44. The number of hydrogen-bond acceptors (Lipinski definition) is 7. The number of nitrogens with zero attached hydrogens (tertiary/aromatic N) is 3. The van der Waals surface area contributed by atoms with Crippen molar-refractivity contribution in [3.05, 3.63) is 59.2 Å². The SMILES string of the molecule is CC(C)(C)c1nc(CN2C(=O)c3c(OCC(=O)O)cccc3Oc3ccc(C(F)(F)F)cc32)no1. The number of ether oxygens (including phenoxy) is 2. The van der Waals surface area contributed by atoms with Gasteiger partial charge in [0.05, 0.1) is 17.8 Å². The highest BCUT2D eigenvalue weighted by atomic mass is 19.4. The third-order valence-electron chi connectivity index (χ3n) is 5.00. The predicted molar refractivity (Wildman–Crippen MR) is 115 cm³/mol. The maximum atomic E-state index is 13.7. The van der Waals surface area contributed by atoms with Gasteiger partial charge in [0, 0.05) is 5.41 Å². The Morgan fingerprint density at radius 1 is 1.14 bits per heavy atom. The van der Waals surface area contributed by atoms with Crippen LogP contribution in [0.3, 0.4) is 0 Å². The first-order valence-corrected chi connectivity index (χ1v) is 10.4. The molecule has 1 N–H and O–H groups in total. The Balaban J connectivity index is 1.85. The van der Waals surface area contributed by atoms with Crippen LogP contribution < -0.4 is 14.4 Å². The van der Waals surface area contributed by atoms with E-state index in [1.54, 1.807) is 0 Å². The van der Waals surface area contributed by atoms with Gasteiger partial charge >= 0.3 is 12.1 Å². The number of amides is 1. The molecule has 9 nitrogen and oxygen atoms in total. The van der Waals surface area contributed by atoms with Crippen LogP contribution in [-0.2, 0) is 22.9 Å². The molecule has 35 heavy (non-hydrogen) atoms. The summed E-state index contributed by atoms with van der Waals surface area (Å²) in [5.74, 6) is -1.88. The molecular weight excluding hydrogens is 471 g/mol. The highest BCUT2D eigenvalue weighted by Gasteiger charge is 2.37. The van der Waals surface area contributed by atoms with Crippen molar-refractivity contribution in [1.29, 1.82) is 0 Å². The Bertz CT molecular complexity index is 1300. The quantitative estimate of drug-likeness (QED) is 0.541. The second-order valence-corrected chi connectivity index (χ2v) is 8.75. The zero-order valence-electron chi connectivity index (χ0n) is 18.8. The maximum absolute atomic E-state index is 13.7. The number of aliphatic carboxylic acids is 1. The molecule has 3 aromatic rings. The lowest BCUT2D eigenvalue weighted by Gasteiger charge is -2.22. The summed E-state index contributed by atoms with van der Waals surface area (Å²) in [7, 11) is 0. The normalized spacial score (nSPS) is 13.5. The minimum atomic E-state index is -4.68. The van der Waals surface area contributed by atoms with Crippen LogP contribution in [0.1, 0.15) is 48.4 Å². The van der Waals surface area contributed by atoms with Crippen LogP contribution >= 0.6 is 0 Å². The molecule has 1 amide bonds. The standard InChI is InChI=1S/C23H20F3N3O6/c1-22(2,3)21-27-17(28-35-21)10-29-13-9-12(23(24,25)26)7-8-14(13)34-16-6-4-5-15(19(16)20(29)32)33-11-18(30)31/h4-9H,10-11H2,1-3H3,(H,30,31). The van der Waals surface area contributed by atoms with Crippen molar-refractivity contribution in [3.63, 3.8) is 0 Å².